The first-order chi connectivity index (χ1) is 7.08. The van der Waals surface area contributed by atoms with Crippen LogP contribution in [0.15, 0.2) is 22.8 Å². The molecule has 0 aliphatic heterocycles. The summed E-state index contributed by atoms with van der Waals surface area (Å²) in [6.07, 6.45) is 1.41. The van der Waals surface area contributed by atoms with Gasteiger partial charge in [-0.3, -0.25) is 0 Å². The van der Waals surface area contributed by atoms with Crippen molar-refractivity contribution in [3.63, 3.8) is 0 Å². The van der Waals surface area contributed by atoms with Crippen molar-refractivity contribution >= 4 is 45.8 Å². The molecule has 1 aromatic heterocycles. The smallest absolute Gasteiger partial charge is 0.257 e. The molecule has 0 saturated carbocycles. The molecule has 2 rings (SSSR count). The quantitative estimate of drug-likeness (QED) is 0.558. The number of oxazole rings is 1. The molecule has 2 nitrogen and oxygen atoms in total. The lowest BCUT2D eigenvalue weighted by Crippen LogP contribution is -1.84. The van der Waals surface area contributed by atoms with Crippen molar-refractivity contribution in [1.82, 2.24) is 4.98 Å². The van der Waals surface area contributed by atoms with Gasteiger partial charge >= 0.3 is 0 Å². The fourth-order valence-corrected chi connectivity index (χ4v) is 1.96. The van der Waals surface area contributed by atoms with Gasteiger partial charge in [-0.15, -0.1) is 0 Å². The number of halogens is 4. The van der Waals surface area contributed by atoms with E-state index in [2.05, 4.69) is 4.98 Å². The van der Waals surface area contributed by atoms with E-state index in [1.807, 2.05) is 22.6 Å². The largest absolute Gasteiger partial charge is 0.440 e. The summed E-state index contributed by atoms with van der Waals surface area (Å²) in [7, 11) is 0. The lowest BCUT2D eigenvalue weighted by Gasteiger charge is -2.01. The summed E-state index contributed by atoms with van der Waals surface area (Å²) < 4.78 is 18.7. The highest BCUT2D eigenvalue weighted by Gasteiger charge is 2.12. The van der Waals surface area contributed by atoms with Crippen molar-refractivity contribution in [2.75, 3.05) is 0 Å². The second-order valence-corrected chi connectivity index (χ2v) is 4.47. The van der Waals surface area contributed by atoms with Crippen LogP contribution in [0.4, 0.5) is 4.39 Å². The number of benzene rings is 1. The summed E-state index contributed by atoms with van der Waals surface area (Å²) >= 11 is 13.4. The molecule has 15 heavy (non-hydrogen) atoms. The van der Waals surface area contributed by atoms with E-state index in [1.165, 1.54) is 18.4 Å². The third-order valence-corrected chi connectivity index (χ3v) is 2.86. The standard InChI is InChI=1S/C9H3Cl2FINO/c10-5-2-6(11)7(12)1-4(5)8-3-15-9(13)14-8/h1-3H. The molecule has 0 bridgehead atoms. The first kappa shape index (κ1) is 11.2. The maximum Gasteiger partial charge on any atom is 0.257 e. The summed E-state index contributed by atoms with van der Waals surface area (Å²) in [6.45, 7) is 0. The van der Waals surface area contributed by atoms with Crippen LogP contribution in [0.5, 0.6) is 0 Å². The van der Waals surface area contributed by atoms with E-state index >= 15 is 0 Å². The second-order valence-electron chi connectivity index (χ2n) is 2.73. The Morgan fingerprint density at radius 3 is 2.60 bits per heavy atom. The van der Waals surface area contributed by atoms with E-state index in [4.69, 9.17) is 27.6 Å². The van der Waals surface area contributed by atoms with Gasteiger partial charge in [-0.05, 0) is 12.1 Å². The minimum absolute atomic E-state index is 0.0121. The van der Waals surface area contributed by atoms with Crippen LogP contribution in [0.3, 0.4) is 0 Å². The Kier molecular flexibility index (Phi) is 3.18. The van der Waals surface area contributed by atoms with Gasteiger partial charge in [0.2, 0.25) is 0 Å². The van der Waals surface area contributed by atoms with Crippen LogP contribution >= 0.6 is 45.8 Å². The Labute approximate surface area is 109 Å². The van der Waals surface area contributed by atoms with Gasteiger partial charge in [0.05, 0.1) is 10.0 Å². The van der Waals surface area contributed by atoms with E-state index < -0.39 is 5.82 Å². The summed E-state index contributed by atoms with van der Waals surface area (Å²) in [5, 5.41) is 0.327. The molecule has 6 heteroatoms. The Bertz CT molecular complexity index is 515. The van der Waals surface area contributed by atoms with E-state index in [1.54, 1.807) is 0 Å². The van der Waals surface area contributed by atoms with Crippen molar-refractivity contribution in [2.24, 2.45) is 0 Å². The van der Waals surface area contributed by atoms with Crippen LogP contribution in [0.25, 0.3) is 11.3 Å². The van der Waals surface area contributed by atoms with E-state index in [0.717, 1.165) is 0 Å². The average Bonchev–Trinajstić information content (AvgIpc) is 2.58. The van der Waals surface area contributed by atoms with Gasteiger partial charge in [-0.25, -0.2) is 9.37 Å². The van der Waals surface area contributed by atoms with Crippen molar-refractivity contribution in [3.05, 3.63) is 38.2 Å². The third-order valence-electron chi connectivity index (χ3n) is 1.76. The highest BCUT2D eigenvalue weighted by Crippen LogP contribution is 2.31. The first-order valence-electron chi connectivity index (χ1n) is 3.84. The molecule has 1 aromatic carbocycles. The lowest BCUT2D eigenvalue weighted by molar-refractivity contribution is 0.525. The molecule has 78 valence electrons. The summed E-state index contributed by atoms with van der Waals surface area (Å²) in [5.74, 6) is -0.533. The van der Waals surface area contributed by atoms with Crippen LogP contribution in [-0.2, 0) is 0 Å². The van der Waals surface area contributed by atoms with Gasteiger partial charge in [0, 0.05) is 28.2 Å². The van der Waals surface area contributed by atoms with Gasteiger partial charge in [0.15, 0.2) is 0 Å². The van der Waals surface area contributed by atoms with Crippen molar-refractivity contribution in [1.29, 1.82) is 0 Å². The maximum atomic E-state index is 13.2. The number of hydrogen-bond acceptors (Lipinski definition) is 2. The number of aromatic nitrogens is 1. The topological polar surface area (TPSA) is 26.0 Å². The molecule has 1 heterocycles. The molecule has 0 atom stereocenters. The highest BCUT2D eigenvalue weighted by molar-refractivity contribution is 14.1. The maximum absolute atomic E-state index is 13.2. The van der Waals surface area contributed by atoms with E-state index in [9.17, 15) is 4.39 Å². The van der Waals surface area contributed by atoms with Gasteiger partial charge in [-0.1, -0.05) is 23.2 Å². The van der Waals surface area contributed by atoms with Crippen LogP contribution in [-0.4, -0.2) is 4.98 Å². The Hall–Kier alpha value is -0.330. The molecule has 0 amide bonds. The molecule has 0 radical (unpaired) electrons. The van der Waals surface area contributed by atoms with Crippen LogP contribution < -0.4 is 0 Å². The SMILES string of the molecule is Fc1cc(-c2coc(I)n2)c(Cl)cc1Cl. The predicted molar refractivity (Wildman–Crippen MR) is 64.6 cm³/mol. The minimum Gasteiger partial charge on any atom is -0.440 e. The number of hydrogen-bond donors (Lipinski definition) is 0. The lowest BCUT2D eigenvalue weighted by atomic mass is 10.2. The van der Waals surface area contributed by atoms with Gasteiger partial charge in [0.1, 0.15) is 17.8 Å². The number of nitrogens with zero attached hydrogens (tertiary/aromatic N) is 1. The monoisotopic (exact) mass is 357 g/mol. The number of rotatable bonds is 1. The Morgan fingerprint density at radius 2 is 2.00 bits per heavy atom. The summed E-state index contributed by atoms with van der Waals surface area (Å²) in [5.41, 5.74) is 0.949. The predicted octanol–water partition coefficient (Wildman–Crippen LogP) is 4.39. The molecule has 0 spiro atoms. The molecule has 0 saturated heterocycles. The molecule has 2 aromatic rings. The molecule has 0 N–H and O–H groups in total. The zero-order valence-electron chi connectivity index (χ0n) is 7.10. The molecule has 0 fully saturated rings. The molecule has 0 aliphatic carbocycles. The van der Waals surface area contributed by atoms with Crippen molar-refractivity contribution in [3.8, 4) is 11.3 Å². The molecule has 0 unspecified atom stereocenters. The Balaban J connectivity index is 2.58. The third kappa shape index (κ3) is 2.26. The second kappa shape index (κ2) is 4.27. The highest BCUT2D eigenvalue weighted by atomic mass is 127. The fourth-order valence-electron chi connectivity index (χ4n) is 1.09. The zero-order chi connectivity index (χ0) is 11.0. The van der Waals surface area contributed by atoms with Gasteiger partial charge in [-0.2, -0.15) is 0 Å². The summed E-state index contributed by atoms with van der Waals surface area (Å²) in [6, 6.07) is 2.58. The molecular weight excluding hydrogens is 355 g/mol. The minimum atomic E-state index is -0.533. The zero-order valence-corrected chi connectivity index (χ0v) is 10.8. The van der Waals surface area contributed by atoms with E-state index in [0.29, 0.717) is 20.2 Å². The molecular formula is C9H3Cl2FINO. The van der Waals surface area contributed by atoms with E-state index in [-0.39, 0.29) is 5.02 Å². The summed E-state index contributed by atoms with van der Waals surface area (Å²) in [4.78, 5) is 4.04. The van der Waals surface area contributed by atoms with Crippen LogP contribution in [0.2, 0.25) is 10.0 Å². The molecule has 0 aliphatic rings. The van der Waals surface area contributed by atoms with Crippen LogP contribution in [0.1, 0.15) is 0 Å². The van der Waals surface area contributed by atoms with Crippen LogP contribution in [0, 0.1) is 9.71 Å². The first-order valence-corrected chi connectivity index (χ1v) is 5.67. The Morgan fingerprint density at radius 1 is 1.27 bits per heavy atom. The van der Waals surface area contributed by atoms with Gasteiger partial charge in [0.25, 0.3) is 3.90 Å². The normalized spacial score (nSPS) is 10.7. The van der Waals surface area contributed by atoms with Crippen molar-refractivity contribution in [2.45, 2.75) is 0 Å². The fraction of sp³-hybridized carbons (Fsp3) is 0. The average molecular weight is 358 g/mol. The van der Waals surface area contributed by atoms with Crippen molar-refractivity contribution < 1.29 is 8.81 Å². The van der Waals surface area contributed by atoms with Gasteiger partial charge < -0.3 is 4.42 Å².